The molecule has 1 atom stereocenters. The summed E-state index contributed by atoms with van der Waals surface area (Å²) < 4.78 is 27.3. The summed E-state index contributed by atoms with van der Waals surface area (Å²) in [5.74, 6) is 0. The van der Waals surface area contributed by atoms with Crippen LogP contribution in [0.25, 0.3) is 0 Å². The van der Waals surface area contributed by atoms with Crippen molar-refractivity contribution in [2.75, 3.05) is 5.73 Å². The van der Waals surface area contributed by atoms with Crippen molar-refractivity contribution < 1.29 is 8.42 Å². The zero-order valence-electron chi connectivity index (χ0n) is 11.6. The first kappa shape index (κ1) is 15.8. The number of halogens is 1. The van der Waals surface area contributed by atoms with Crippen molar-refractivity contribution in [1.82, 2.24) is 4.72 Å². The van der Waals surface area contributed by atoms with Crippen molar-refractivity contribution >= 4 is 27.3 Å². The second-order valence-electron chi connectivity index (χ2n) is 4.89. The highest BCUT2D eigenvalue weighted by Crippen LogP contribution is 2.22. The third-order valence-electron chi connectivity index (χ3n) is 3.00. The molecule has 0 radical (unpaired) electrons. The summed E-state index contributed by atoms with van der Waals surface area (Å²) in [4.78, 5) is 0.0480. The molecule has 1 unspecified atom stereocenters. The first-order valence-corrected chi connectivity index (χ1v) is 8.36. The molecule has 2 rings (SSSR count). The summed E-state index contributed by atoms with van der Waals surface area (Å²) in [5, 5.41) is 0.406. The average Bonchev–Trinajstić information content (AvgIpc) is 2.38. The van der Waals surface area contributed by atoms with Gasteiger partial charge in [-0.15, -0.1) is 0 Å². The minimum absolute atomic E-state index is 0.0480. The smallest absolute Gasteiger partial charge is 0.242 e. The number of nitrogens with two attached hydrogens (primary N) is 1. The SMILES string of the molecule is CC(Cc1ccccc1)NS(=O)(=O)c1ccc(Cl)cc1N. The van der Waals surface area contributed by atoms with Crippen LogP contribution < -0.4 is 10.5 Å². The molecule has 21 heavy (non-hydrogen) atoms. The Bertz CT molecular complexity index is 718. The van der Waals surface area contributed by atoms with E-state index in [-0.39, 0.29) is 16.6 Å². The van der Waals surface area contributed by atoms with Crippen LogP contribution in [0.2, 0.25) is 5.02 Å². The van der Waals surface area contributed by atoms with Gasteiger partial charge in [0.1, 0.15) is 4.90 Å². The maximum Gasteiger partial charge on any atom is 0.242 e. The monoisotopic (exact) mass is 324 g/mol. The fraction of sp³-hybridized carbons (Fsp3) is 0.200. The van der Waals surface area contributed by atoms with E-state index in [0.717, 1.165) is 5.56 Å². The number of hydrogen-bond acceptors (Lipinski definition) is 3. The van der Waals surface area contributed by atoms with Gasteiger partial charge in [-0.05, 0) is 37.1 Å². The van der Waals surface area contributed by atoms with Gasteiger partial charge in [-0.3, -0.25) is 0 Å². The Morgan fingerprint density at radius 1 is 1.19 bits per heavy atom. The number of nitrogens with one attached hydrogen (secondary N) is 1. The molecule has 4 nitrogen and oxygen atoms in total. The molecule has 3 N–H and O–H groups in total. The van der Waals surface area contributed by atoms with Crippen LogP contribution in [0, 0.1) is 0 Å². The molecular weight excluding hydrogens is 308 g/mol. The average molecular weight is 325 g/mol. The Morgan fingerprint density at radius 3 is 2.48 bits per heavy atom. The van der Waals surface area contributed by atoms with Crippen molar-refractivity contribution in [3.8, 4) is 0 Å². The number of sulfonamides is 1. The standard InChI is InChI=1S/C15H17ClN2O2S/c1-11(9-12-5-3-2-4-6-12)18-21(19,20)15-8-7-13(16)10-14(15)17/h2-8,10-11,18H,9,17H2,1H3. The molecule has 0 bridgehead atoms. The predicted octanol–water partition coefficient (Wildman–Crippen LogP) is 2.83. The number of anilines is 1. The quantitative estimate of drug-likeness (QED) is 0.831. The molecule has 0 aromatic heterocycles. The van der Waals surface area contributed by atoms with E-state index in [0.29, 0.717) is 11.4 Å². The van der Waals surface area contributed by atoms with Gasteiger partial charge >= 0.3 is 0 Å². The molecule has 6 heteroatoms. The molecule has 0 aliphatic rings. The van der Waals surface area contributed by atoms with E-state index in [1.54, 1.807) is 0 Å². The van der Waals surface area contributed by atoms with Gasteiger partial charge < -0.3 is 5.73 Å². The Labute approximate surface area is 130 Å². The predicted molar refractivity (Wildman–Crippen MR) is 85.8 cm³/mol. The minimum atomic E-state index is -3.66. The lowest BCUT2D eigenvalue weighted by atomic mass is 10.1. The van der Waals surface area contributed by atoms with Crippen LogP contribution in [0.1, 0.15) is 12.5 Å². The van der Waals surface area contributed by atoms with E-state index in [1.807, 2.05) is 37.3 Å². The van der Waals surface area contributed by atoms with Gasteiger partial charge in [0.05, 0.1) is 5.69 Å². The van der Waals surface area contributed by atoms with Gasteiger partial charge in [0, 0.05) is 11.1 Å². The van der Waals surface area contributed by atoms with Crippen molar-refractivity contribution in [2.45, 2.75) is 24.3 Å². The van der Waals surface area contributed by atoms with Crippen molar-refractivity contribution in [3.63, 3.8) is 0 Å². The lowest BCUT2D eigenvalue weighted by Crippen LogP contribution is -2.34. The summed E-state index contributed by atoms with van der Waals surface area (Å²) >= 11 is 5.78. The third kappa shape index (κ3) is 4.20. The molecule has 0 aliphatic heterocycles. The zero-order valence-corrected chi connectivity index (χ0v) is 13.2. The summed E-state index contributed by atoms with van der Waals surface area (Å²) in [6, 6.07) is 13.8. The summed E-state index contributed by atoms with van der Waals surface area (Å²) in [5.41, 5.74) is 6.94. The molecule has 0 saturated heterocycles. The summed E-state index contributed by atoms with van der Waals surface area (Å²) in [6.07, 6.45) is 0.605. The molecule has 0 heterocycles. The number of benzene rings is 2. The molecule has 0 saturated carbocycles. The maximum atomic E-state index is 12.3. The second-order valence-corrected chi connectivity index (χ2v) is 7.01. The van der Waals surface area contributed by atoms with Gasteiger partial charge in [0.15, 0.2) is 0 Å². The number of rotatable bonds is 5. The van der Waals surface area contributed by atoms with Gasteiger partial charge in [-0.1, -0.05) is 41.9 Å². The highest BCUT2D eigenvalue weighted by molar-refractivity contribution is 7.89. The van der Waals surface area contributed by atoms with E-state index in [4.69, 9.17) is 17.3 Å². The van der Waals surface area contributed by atoms with Crippen LogP contribution in [-0.2, 0) is 16.4 Å². The zero-order chi connectivity index (χ0) is 15.5. The van der Waals surface area contributed by atoms with Gasteiger partial charge in [0.2, 0.25) is 10.0 Å². The Hall–Kier alpha value is -1.56. The fourth-order valence-corrected chi connectivity index (χ4v) is 3.64. The third-order valence-corrected chi connectivity index (χ3v) is 4.90. The molecule has 0 fully saturated rings. The van der Waals surface area contributed by atoms with Crippen LogP contribution in [0.15, 0.2) is 53.4 Å². The van der Waals surface area contributed by atoms with E-state index >= 15 is 0 Å². The van der Waals surface area contributed by atoms with E-state index in [9.17, 15) is 8.42 Å². The topological polar surface area (TPSA) is 72.2 Å². The Kier molecular flexibility index (Phi) is 4.88. The van der Waals surface area contributed by atoms with Crippen LogP contribution in [0.3, 0.4) is 0 Å². The first-order valence-electron chi connectivity index (χ1n) is 6.50. The lowest BCUT2D eigenvalue weighted by molar-refractivity contribution is 0.560. The fourth-order valence-electron chi connectivity index (χ4n) is 2.10. The van der Waals surface area contributed by atoms with Crippen LogP contribution >= 0.6 is 11.6 Å². The van der Waals surface area contributed by atoms with Crippen LogP contribution in [0.5, 0.6) is 0 Å². The Balaban J connectivity index is 2.13. The highest BCUT2D eigenvalue weighted by atomic mass is 35.5. The largest absolute Gasteiger partial charge is 0.398 e. The first-order chi connectivity index (χ1) is 9.88. The van der Waals surface area contributed by atoms with E-state index in [2.05, 4.69) is 4.72 Å². The highest BCUT2D eigenvalue weighted by Gasteiger charge is 2.20. The van der Waals surface area contributed by atoms with Crippen LogP contribution in [0.4, 0.5) is 5.69 Å². The van der Waals surface area contributed by atoms with Crippen LogP contribution in [-0.4, -0.2) is 14.5 Å². The molecule has 2 aromatic rings. The normalized spacial score (nSPS) is 13.0. The van der Waals surface area contributed by atoms with Gasteiger partial charge in [-0.25, -0.2) is 13.1 Å². The van der Waals surface area contributed by atoms with E-state index in [1.165, 1.54) is 18.2 Å². The van der Waals surface area contributed by atoms with Gasteiger partial charge in [-0.2, -0.15) is 0 Å². The Morgan fingerprint density at radius 2 is 1.86 bits per heavy atom. The summed E-state index contributed by atoms with van der Waals surface area (Å²) in [7, 11) is -3.66. The lowest BCUT2D eigenvalue weighted by Gasteiger charge is -2.15. The van der Waals surface area contributed by atoms with Crippen molar-refractivity contribution in [1.29, 1.82) is 0 Å². The number of nitrogen functional groups attached to an aromatic ring is 1. The molecule has 0 aliphatic carbocycles. The van der Waals surface area contributed by atoms with E-state index < -0.39 is 10.0 Å². The maximum absolute atomic E-state index is 12.3. The molecule has 0 amide bonds. The summed E-state index contributed by atoms with van der Waals surface area (Å²) in [6.45, 7) is 1.82. The molecular formula is C15H17ClN2O2S. The minimum Gasteiger partial charge on any atom is -0.398 e. The van der Waals surface area contributed by atoms with Crippen molar-refractivity contribution in [2.24, 2.45) is 0 Å². The molecule has 2 aromatic carbocycles. The number of hydrogen-bond donors (Lipinski definition) is 2. The van der Waals surface area contributed by atoms with Crippen molar-refractivity contribution in [3.05, 3.63) is 59.1 Å². The van der Waals surface area contributed by atoms with Gasteiger partial charge in [0.25, 0.3) is 0 Å². The second kappa shape index (κ2) is 6.47. The molecule has 112 valence electrons. The molecule has 0 spiro atoms.